The molecular weight excluding hydrogens is 433 g/mol. The van der Waals surface area contributed by atoms with E-state index in [1.165, 1.54) is 18.2 Å². The summed E-state index contributed by atoms with van der Waals surface area (Å²) in [5.41, 5.74) is 2.31. The van der Waals surface area contributed by atoms with Gasteiger partial charge in [-0.25, -0.2) is 0 Å². The van der Waals surface area contributed by atoms with E-state index < -0.39 is 24.7 Å². The van der Waals surface area contributed by atoms with Gasteiger partial charge >= 0.3 is 6.18 Å². The maximum atomic E-state index is 12.6. The minimum atomic E-state index is -4.49. The standard InChI is InChI=1S/C22H24ClF3N2O3/c1-12(2)19(29)10-17-8-16(7-13(3)27-17)14(4)28-21(30)15-5-6-20(18(23)9-15)31-11-22(24,25)26/h5-9,12,14H,10-11H2,1-4H3,(H,28,30). The van der Waals surface area contributed by atoms with Crippen molar-refractivity contribution < 1.29 is 27.5 Å². The summed E-state index contributed by atoms with van der Waals surface area (Å²) in [7, 11) is 0. The highest BCUT2D eigenvalue weighted by atomic mass is 35.5. The zero-order valence-corrected chi connectivity index (χ0v) is 18.4. The van der Waals surface area contributed by atoms with Crippen molar-refractivity contribution >= 4 is 23.3 Å². The first-order valence-corrected chi connectivity index (χ1v) is 10.0. The lowest BCUT2D eigenvalue weighted by molar-refractivity contribution is -0.153. The van der Waals surface area contributed by atoms with E-state index in [1.807, 2.05) is 19.9 Å². The first-order chi connectivity index (χ1) is 14.4. The molecule has 0 bridgehead atoms. The van der Waals surface area contributed by atoms with Crippen LogP contribution in [0.1, 0.15) is 54.1 Å². The number of nitrogens with one attached hydrogen (secondary N) is 1. The SMILES string of the molecule is Cc1cc(C(C)NC(=O)c2ccc(OCC(F)(F)F)c(Cl)c2)cc(CC(=O)C(C)C)n1. The van der Waals surface area contributed by atoms with Gasteiger partial charge in [0.1, 0.15) is 11.5 Å². The number of ether oxygens (including phenoxy) is 1. The van der Waals surface area contributed by atoms with Gasteiger partial charge in [-0.2, -0.15) is 13.2 Å². The number of alkyl halides is 3. The molecule has 0 radical (unpaired) electrons. The van der Waals surface area contributed by atoms with Crippen LogP contribution in [-0.4, -0.2) is 29.5 Å². The van der Waals surface area contributed by atoms with Crippen molar-refractivity contribution in [1.82, 2.24) is 10.3 Å². The molecule has 1 aromatic carbocycles. The predicted molar refractivity (Wildman–Crippen MR) is 111 cm³/mol. The average Bonchev–Trinajstić information content (AvgIpc) is 2.65. The molecule has 1 amide bonds. The van der Waals surface area contributed by atoms with Gasteiger partial charge < -0.3 is 10.1 Å². The summed E-state index contributed by atoms with van der Waals surface area (Å²) in [6.07, 6.45) is -4.28. The van der Waals surface area contributed by atoms with Crippen LogP contribution in [0.5, 0.6) is 5.75 Å². The van der Waals surface area contributed by atoms with Crippen LogP contribution in [0.15, 0.2) is 30.3 Å². The minimum absolute atomic E-state index is 0.0724. The maximum Gasteiger partial charge on any atom is 0.422 e. The first kappa shape index (κ1) is 24.7. The summed E-state index contributed by atoms with van der Waals surface area (Å²) in [5.74, 6) is -0.641. The van der Waals surface area contributed by atoms with Crippen LogP contribution in [0.3, 0.4) is 0 Å². The lowest BCUT2D eigenvalue weighted by atomic mass is 10.0. The molecule has 5 nitrogen and oxygen atoms in total. The Balaban J connectivity index is 2.11. The Morgan fingerprint density at radius 1 is 1.16 bits per heavy atom. The number of ketones is 1. The van der Waals surface area contributed by atoms with Gasteiger partial charge in [0.2, 0.25) is 0 Å². The van der Waals surface area contributed by atoms with Gasteiger partial charge in [0.05, 0.1) is 11.1 Å². The van der Waals surface area contributed by atoms with Crippen molar-refractivity contribution in [3.63, 3.8) is 0 Å². The third-order valence-corrected chi connectivity index (χ3v) is 4.76. The smallest absolute Gasteiger partial charge is 0.422 e. The van der Waals surface area contributed by atoms with Crippen molar-refractivity contribution in [2.45, 2.75) is 46.3 Å². The van der Waals surface area contributed by atoms with Crippen LogP contribution in [0.2, 0.25) is 5.02 Å². The number of aryl methyl sites for hydroxylation is 1. The van der Waals surface area contributed by atoms with Gasteiger partial charge in [-0.1, -0.05) is 25.4 Å². The number of Topliss-reactive ketones (excluding diaryl/α,β-unsaturated/α-hetero) is 1. The van der Waals surface area contributed by atoms with Gasteiger partial charge in [0.15, 0.2) is 6.61 Å². The van der Waals surface area contributed by atoms with Crippen LogP contribution >= 0.6 is 11.6 Å². The van der Waals surface area contributed by atoms with Gasteiger partial charge in [0, 0.05) is 29.3 Å². The van der Waals surface area contributed by atoms with Crippen molar-refractivity contribution in [1.29, 1.82) is 0 Å². The number of hydrogen-bond acceptors (Lipinski definition) is 4. The summed E-state index contributed by atoms with van der Waals surface area (Å²) < 4.78 is 41.5. The number of aromatic nitrogens is 1. The Morgan fingerprint density at radius 3 is 2.42 bits per heavy atom. The molecule has 2 aromatic rings. The molecule has 0 aliphatic rings. The molecule has 1 aromatic heterocycles. The second-order valence-electron chi connectivity index (χ2n) is 7.58. The number of carbonyl (C=O) groups is 2. The lowest BCUT2D eigenvalue weighted by Gasteiger charge is -2.17. The number of nitrogens with zero attached hydrogens (tertiary/aromatic N) is 1. The molecule has 1 N–H and O–H groups in total. The molecule has 1 unspecified atom stereocenters. The Kier molecular flexibility index (Phi) is 8.06. The highest BCUT2D eigenvalue weighted by Crippen LogP contribution is 2.28. The molecule has 0 spiro atoms. The first-order valence-electron chi connectivity index (χ1n) is 9.66. The number of amides is 1. The van der Waals surface area contributed by atoms with E-state index in [0.717, 1.165) is 11.3 Å². The molecule has 1 atom stereocenters. The zero-order valence-electron chi connectivity index (χ0n) is 17.6. The van der Waals surface area contributed by atoms with Gasteiger partial charge in [-0.3, -0.25) is 14.6 Å². The molecule has 0 saturated carbocycles. The largest absolute Gasteiger partial charge is 0.483 e. The molecule has 31 heavy (non-hydrogen) atoms. The Hall–Kier alpha value is -2.61. The third-order valence-electron chi connectivity index (χ3n) is 4.46. The predicted octanol–water partition coefficient (Wildman–Crippen LogP) is 5.24. The molecule has 0 aliphatic carbocycles. The van der Waals surface area contributed by atoms with Crippen LogP contribution in [0, 0.1) is 12.8 Å². The fourth-order valence-electron chi connectivity index (χ4n) is 2.77. The second kappa shape index (κ2) is 10.1. The van der Waals surface area contributed by atoms with E-state index in [9.17, 15) is 22.8 Å². The van der Waals surface area contributed by atoms with Crippen LogP contribution in [0.25, 0.3) is 0 Å². The average molecular weight is 457 g/mol. The van der Waals surface area contributed by atoms with Crippen molar-refractivity contribution in [3.05, 3.63) is 57.9 Å². The van der Waals surface area contributed by atoms with E-state index in [-0.39, 0.29) is 34.5 Å². The summed E-state index contributed by atoms with van der Waals surface area (Å²) in [6, 6.07) is 7.00. The summed E-state index contributed by atoms with van der Waals surface area (Å²) >= 11 is 5.96. The van der Waals surface area contributed by atoms with Crippen molar-refractivity contribution in [2.24, 2.45) is 5.92 Å². The van der Waals surface area contributed by atoms with Crippen LogP contribution in [0.4, 0.5) is 13.2 Å². The van der Waals surface area contributed by atoms with Gasteiger partial charge in [-0.05, 0) is 49.7 Å². The van der Waals surface area contributed by atoms with E-state index in [1.54, 1.807) is 19.9 Å². The molecular formula is C22H24ClF3N2O3. The molecule has 0 fully saturated rings. The summed E-state index contributed by atoms with van der Waals surface area (Å²) in [4.78, 5) is 29.0. The number of carbonyl (C=O) groups excluding carboxylic acids is 2. The molecule has 0 saturated heterocycles. The molecule has 9 heteroatoms. The number of benzene rings is 1. The Morgan fingerprint density at radius 2 is 1.84 bits per heavy atom. The van der Waals surface area contributed by atoms with Crippen molar-refractivity contribution in [3.8, 4) is 5.75 Å². The quantitative estimate of drug-likeness (QED) is 0.589. The minimum Gasteiger partial charge on any atom is -0.483 e. The van der Waals surface area contributed by atoms with Gasteiger partial charge in [0.25, 0.3) is 5.91 Å². The Bertz CT molecular complexity index is 962. The highest BCUT2D eigenvalue weighted by molar-refractivity contribution is 6.32. The Labute approximate surface area is 184 Å². The number of halogens is 4. The molecule has 0 aliphatic heterocycles. The van der Waals surface area contributed by atoms with Crippen LogP contribution < -0.4 is 10.1 Å². The number of rotatable bonds is 8. The fraction of sp³-hybridized carbons (Fsp3) is 0.409. The number of hydrogen-bond donors (Lipinski definition) is 1. The third kappa shape index (κ3) is 7.54. The summed E-state index contributed by atoms with van der Waals surface area (Å²) in [6.45, 7) is 5.77. The second-order valence-corrected chi connectivity index (χ2v) is 7.98. The van der Waals surface area contributed by atoms with E-state index in [2.05, 4.69) is 15.0 Å². The van der Waals surface area contributed by atoms with Gasteiger partial charge in [-0.15, -0.1) is 0 Å². The molecule has 1 heterocycles. The molecule has 168 valence electrons. The lowest BCUT2D eigenvalue weighted by Crippen LogP contribution is -2.27. The normalized spacial score (nSPS) is 12.5. The van der Waals surface area contributed by atoms with E-state index >= 15 is 0 Å². The van der Waals surface area contributed by atoms with Crippen LogP contribution in [-0.2, 0) is 11.2 Å². The maximum absolute atomic E-state index is 12.6. The van der Waals surface area contributed by atoms with Crippen molar-refractivity contribution in [2.75, 3.05) is 6.61 Å². The number of pyridine rings is 1. The van der Waals surface area contributed by atoms with E-state index in [0.29, 0.717) is 5.69 Å². The fourth-order valence-corrected chi connectivity index (χ4v) is 3.01. The van der Waals surface area contributed by atoms with E-state index in [4.69, 9.17) is 11.6 Å². The summed E-state index contributed by atoms with van der Waals surface area (Å²) in [5, 5.41) is 2.72. The topological polar surface area (TPSA) is 68.3 Å². The molecule has 2 rings (SSSR count). The zero-order chi connectivity index (χ0) is 23.3. The highest BCUT2D eigenvalue weighted by Gasteiger charge is 2.29. The monoisotopic (exact) mass is 456 g/mol.